The van der Waals surface area contributed by atoms with Gasteiger partial charge in [-0.1, -0.05) is 19.8 Å². The fraction of sp³-hybridized carbons (Fsp3) is 0.692. The van der Waals surface area contributed by atoms with E-state index in [1.165, 1.54) is 31.1 Å². The molecule has 0 saturated heterocycles. The van der Waals surface area contributed by atoms with Gasteiger partial charge >= 0.3 is 0 Å². The molecular formula is C13H20N2O2S. The summed E-state index contributed by atoms with van der Waals surface area (Å²) in [6, 6.07) is 0. The molecule has 1 aliphatic rings. The molecule has 0 aromatic carbocycles. The van der Waals surface area contributed by atoms with E-state index in [0.717, 1.165) is 24.5 Å². The number of rotatable bonds is 4. The standard InChI is InChI=1S/C13H20N2O2S/c1-3-4-9-5-6-10-11(7-9)18-13(14-10)15-12(17)8(2)16/h8-9,16H,3-7H2,1-2H3,(H,14,15,17). The van der Waals surface area contributed by atoms with Crippen LogP contribution in [0.5, 0.6) is 0 Å². The molecule has 0 saturated carbocycles. The Kier molecular flexibility index (Phi) is 4.35. The predicted octanol–water partition coefficient (Wildman–Crippen LogP) is 2.37. The van der Waals surface area contributed by atoms with E-state index in [9.17, 15) is 4.79 Å². The van der Waals surface area contributed by atoms with Gasteiger partial charge in [-0.05, 0) is 32.1 Å². The van der Waals surface area contributed by atoms with Gasteiger partial charge in [0.1, 0.15) is 6.10 Å². The first-order chi connectivity index (χ1) is 8.60. The van der Waals surface area contributed by atoms with Gasteiger partial charge in [0.2, 0.25) is 0 Å². The Hall–Kier alpha value is -0.940. The van der Waals surface area contributed by atoms with E-state index in [1.54, 1.807) is 11.3 Å². The second-order valence-corrected chi connectivity index (χ2v) is 6.04. The van der Waals surface area contributed by atoms with E-state index in [1.807, 2.05) is 0 Å². The maximum atomic E-state index is 11.4. The summed E-state index contributed by atoms with van der Waals surface area (Å²) < 4.78 is 0. The third-order valence-electron chi connectivity index (χ3n) is 3.35. The molecule has 0 radical (unpaired) electrons. The van der Waals surface area contributed by atoms with Crippen molar-refractivity contribution in [3.05, 3.63) is 10.6 Å². The number of hydrogen-bond donors (Lipinski definition) is 2. The highest BCUT2D eigenvalue weighted by Crippen LogP contribution is 2.33. The Morgan fingerprint density at radius 2 is 2.44 bits per heavy atom. The molecular weight excluding hydrogens is 248 g/mol. The van der Waals surface area contributed by atoms with E-state index in [-0.39, 0.29) is 5.91 Å². The molecule has 2 unspecified atom stereocenters. The van der Waals surface area contributed by atoms with Crippen LogP contribution in [-0.2, 0) is 17.6 Å². The van der Waals surface area contributed by atoms with Crippen LogP contribution >= 0.6 is 11.3 Å². The molecule has 0 fully saturated rings. The lowest BCUT2D eigenvalue weighted by molar-refractivity contribution is -0.123. The summed E-state index contributed by atoms with van der Waals surface area (Å²) >= 11 is 1.56. The first kappa shape index (κ1) is 13.5. The Morgan fingerprint density at radius 1 is 1.67 bits per heavy atom. The van der Waals surface area contributed by atoms with Crippen molar-refractivity contribution in [2.75, 3.05) is 5.32 Å². The first-order valence-electron chi connectivity index (χ1n) is 6.57. The minimum atomic E-state index is -0.987. The van der Waals surface area contributed by atoms with Gasteiger partial charge in [0.25, 0.3) is 5.91 Å². The lowest BCUT2D eigenvalue weighted by Gasteiger charge is -2.19. The fourth-order valence-corrected chi connectivity index (χ4v) is 3.49. The molecule has 4 nitrogen and oxygen atoms in total. The molecule has 1 heterocycles. The maximum absolute atomic E-state index is 11.4. The number of aromatic nitrogens is 1. The van der Waals surface area contributed by atoms with E-state index in [0.29, 0.717) is 5.13 Å². The molecule has 1 amide bonds. The summed E-state index contributed by atoms with van der Waals surface area (Å²) in [6.07, 6.45) is 4.82. The van der Waals surface area contributed by atoms with Crippen LogP contribution in [-0.4, -0.2) is 22.1 Å². The zero-order valence-electron chi connectivity index (χ0n) is 10.9. The number of amides is 1. The van der Waals surface area contributed by atoms with Gasteiger partial charge < -0.3 is 5.11 Å². The van der Waals surface area contributed by atoms with Gasteiger partial charge in [0, 0.05) is 4.88 Å². The number of fused-ring (bicyclic) bond motifs is 1. The Labute approximate surface area is 111 Å². The summed E-state index contributed by atoms with van der Waals surface area (Å²) in [5, 5.41) is 12.5. The van der Waals surface area contributed by atoms with Gasteiger partial charge in [0.15, 0.2) is 5.13 Å². The highest BCUT2D eigenvalue weighted by Gasteiger charge is 2.22. The fourth-order valence-electron chi connectivity index (χ4n) is 2.36. The highest BCUT2D eigenvalue weighted by molar-refractivity contribution is 7.15. The van der Waals surface area contributed by atoms with E-state index < -0.39 is 6.10 Å². The van der Waals surface area contributed by atoms with Crippen molar-refractivity contribution in [2.45, 2.75) is 52.1 Å². The van der Waals surface area contributed by atoms with Crippen LogP contribution in [0, 0.1) is 5.92 Å². The summed E-state index contributed by atoms with van der Waals surface area (Å²) in [4.78, 5) is 17.1. The summed E-state index contributed by atoms with van der Waals surface area (Å²) in [5.41, 5.74) is 1.13. The average molecular weight is 268 g/mol. The molecule has 2 rings (SSSR count). The van der Waals surface area contributed by atoms with Crippen LogP contribution in [0.4, 0.5) is 5.13 Å². The number of thiazole rings is 1. The van der Waals surface area contributed by atoms with Crippen molar-refractivity contribution < 1.29 is 9.90 Å². The minimum absolute atomic E-state index is 0.383. The van der Waals surface area contributed by atoms with Crippen LogP contribution in [0.15, 0.2) is 0 Å². The number of aryl methyl sites for hydroxylation is 1. The SMILES string of the molecule is CCCC1CCc2nc(NC(=O)C(C)O)sc2C1. The third-order valence-corrected chi connectivity index (χ3v) is 4.38. The monoisotopic (exact) mass is 268 g/mol. The molecule has 100 valence electrons. The molecule has 5 heteroatoms. The lowest BCUT2D eigenvalue weighted by Crippen LogP contribution is -2.24. The Morgan fingerprint density at radius 3 is 3.11 bits per heavy atom. The highest BCUT2D eigenvalue weighted by atomic mass is 32.1. The number of anilines is 1. The maximum Gasteiger partial charge on any atom is 0.254 e. The van der Waals surface area contributed by atoms with Gasteiger partial charge in [0.05, 0.1) is 5.69 Å². The number of aliphatic hydroxyl groups excluding tert-OH is 1. The van der Waals surface area contributed by atoms with E-state index in [2.05, 4.69) is 17.2 Å². The molecule has 2 atom stereocenters. The van der Waals surface area contributed by atoms with Crippen LogP contribution in [0.25, 0.3) is 0 Å². The van der Waals surface area contributed by atoms with Gasteiger partial charge in [-0.2, -0.15) is 0 Å². The van der Waals surface area contributed by atoms with E-state index >= 15 is 0 Å². The smallest absolute Gasteiger partial charge is 0.254 e. The Bertz CT molecular complexity index is 429. The number of carbonyl (C=O) groups is 1. The number of aliphatic hydroxyl groups is 1. The van der Waals surface area contributed by atoms with Crippen LogP contribution in [0.3, 0.4) is 0 Å². The van der Waals surface area contributed by atoms with E-state index in [4.69, 9.17) is 5.11 Å². The topological polar surface area (TPSA) is 62.2 Å². The quantitative estimate of drug-likeness (QED) is 0.881. The van der Waals surface area contributed by atoms with Gasteiger partial charge in [-0.25, -0.2) is 4.98 Å². The third kappa shape index (κ3) is 3.09. The van der Waals surface area contributed by atoms with Crippen molar-refractivity contribution in [3.8, 4) is 0 Å². The number of nitrogens with one attached hydrogen (secondary N) is 1. The van der Waals surface area contributed by atoms with Crippen molar-refractivity contribution in [2.24, 2.45) is 5.92 Å². The van der Waals surface area contributed by atoms with Crippen molar-refractivity contribution >= 4 is 22.4 Å². The van der Waals surface area contributed by atoms with Gasteiger partial charge in [-0.15, -0.1) is 11.3 Å². The number of hydrogen-bond acceptors (Lipinski definition) is 4. The molecule has 2 N–H and O–H groups in total. The summed E-state index contributed by atoms with van der Waals surface area (Å²) in [6.45, 7) is 3.68. The van der Waals surface area contributed by atoms with Crippen LogP contribution in [0.1, 0.15) is 43.7 Å². The largest absolute Gasteiger partial charge is 0.384 e. The zero-order chi connectivity index (χ0) is 13.1. The minimum Gasteiger partial charge on any atom is -0.384 e. The van der Waals surface area contributed by atoms with Crippen molar-refractivity contribution in [3.63, 3.8) is 0 Å². The molecule has 0 bridgehead atoms. The second-order valence-electron chi connectivity index (χ2n) is 4.95. The molecule has 0 spiro atoms. The molecule has 18 heavy (non-hydrogen) atoms. The van der Waals surface area contributed by atoms with Gasteiger partial charge in [-0.3, -0.25) is 10.1 Å². The zero-order valence-corrected chi connectivity index (χ0v) is 11.7. The summed E-state index contributed by atoms with van der Waals surface area (Å²) in [5.74, 6) is 0.384. The second kappa shape index (κ2) is 5.80. The van der Waals surface area contributed by atoms with Crippen LogP contribution in [0.2, 0.25) is 0 Å². The lowest BCUT2D eigenvalue weighted by atomic mass is 9.88. The van der Waals surface area contributed by atoms with Crippen molar-refractivity contribution in [1.82, 2.24) is 4.98 Å². The molecule has 1 aromatic heterocycles. The predicted molar refractivity (Wildman–Crippen MR) is 72.8 cm³/mol. The van der Waals surface area contributed by atoms with Crippen molar-refractivity contribution in [1.29, 1.82) is 0 Å². The average Bonchev–Trinajstić information content (AvgIpc) is 2.70. The van der Waals surface area contributed by atoms with Crippen LogP contribution < -0.4 is 5.32 Å². The number of nitrogens with zero attached hydrogens (tertiary/aromatic N) is 1. The molecule has 1 aromatic rings. The summed E-state index contributed by atoms with van der Waals surface area (Å²) in [7, 11) is 0. The molecule has 1 aliphatic carbocycles. The normalized spacial score (nSPS) is 20.3. The first-order valence-corrected chi connectivity index (χ1v) is 7.39. The number of carbonyl (C=O) groups excluding carboxylic acids is 1. The molecule has 0 aliphatic heterocycles. The Balaban J connectivity index is 2.03.